The quantitative estimate of drug-likeness (QED) is 0.437. The number of aromatic nitrogens is 2. The maximum atomic E-state index is 11.7. The van der Waals surface area contributed by atoms with Gasteiger partial charge in [-0.2, -0.15) is 4.98 Å². The third kappa shape index (κ3) is 5.72. The predicted molar refractivity (Wildman–Crippen MR) is 96.5 cm³/mol. The van der Waals surface area contributed by atoms with E-state index in [1.165, 1.54) is 0 Å². The first-order chi connectivity index (χ1) is 12.0. The van der Waals surface area contributed by atoms with E-state index in [9.17, 15) is 4.79 Å². The first-order valence-electron chi connectivity index (χ1n) is 9.10. The molecular formula is C17H30N6O2. The van der Waals surface area contributed by atoms with Gasteiger partial charge in [0.25, 0.3) is 0 Å². The number of nitrogens with zero attached hydrogens (tertiary/aromatic N) is 4. The van der Waals surface area contributed by atoms with Crippen molar-refractivity contribution in [1.29, 1.82) is 0 Å². The average molecular weight is 350 g/mol. The summed E-state index contributed by atoms with van der Waals surface area (Å²) in [5, 5.41) is 10.7. The lowest BCUT2D eigenvalue weighted by atomic mass is 10.2. The van der Waals surface area contributed by atoms with Crippen LogP contribution in [-0.2, 0) is 11.2 Å². The van der Waals surface area contributed by atoms with Crippen molar-refractivity contribution in [3.63, 3.8) is 0 Å². The van der Waals surface area contributed by atoms with Crippen LogP contribution in [0.2, 0.25) is 0 Å². The summed E-state index contributed by atoms with van der Waals surface area (Å²) in [5.74, 6) is 2.70. The zero-order valence-electron chi connectivity index (χ0n) is 15.7. The fourth-order valence-corrected chi connectivity index (χ4v) is 2.77. The highest BCUT2D eigenvalue weighted by atomic mass is 16.5. The lowest BCUT2D eigenvalue weighted by Crippen LogP contribution is -2.45. The van der Waals surface area contributed by atoms with Crippen LogP contribution in [0, 0.1) is 0 Å². The molecule has 1 aliphatic heterocycles. The molecule has 1 saturated heterocycles. The Kier molecular flexibility index (Phi) is 7.21. The molecular weight excluding hydrogens is 320 g/mol. The number of nitrogens with one attached hydrogen (secondary N) is 2. The van der Waals surface area contributed by atoms with Crippen LogP contribution in [0.5, 0.6) is 0 Å². The van der Waals surface area contributed by atoms with Gasteiger partial charge in [0.15, 0.2) is 11.8 Å². The van der Waals surface area contributed by atoms with Crippen molar-refractivity contribution in [1.82, 2.24) is 25.7 Å². The lowest BCUT2D eigenvalue weighted by molar-refractivity contribution is -0.129. The Morgan fingerprint density at radius 1 is 1.48 bits per heavy atom. The van der Waals surface area contributed by atoms with Crippen LogP contribution < -0.4 is 10.6 Å². The van der Waals surface area contributed by atoms with Crippen LogP contribution in [0.3, 0.4) is 0 Å². The molecule has 1 fully saturated rings. The van der Waals surface area contributed by atoms with E-state index in [1.807, 2.05) is 25.7 Å². The SMILES string of the molecule is CCC(=O)N1CCC(NC(=NC)NCCCc2nc(C(C)C)no2)C1. The van der Waals surface area contributed by atoms with E-state index in [0.717, 1.165) is 50.7 Å². The van der Waals surface area contributed by atoms with Gasteiger partial charge >= 0.3 is 0 Å². The summed E-state index contributed by atoms with van der Waals surface area (Å²) in [6.07, 6.45) is 3.14. The van der Waals surface area contributed by atoms with Crippen LogP contribution >= 0.6 is 0 Å². The summed E-state index contributed by atoms with van der Waals surface area (Å²) >= 11 is 0. The number of hydrogen-bond donors (Lipinski definition) is 2. The van der Waals surface area contributed by atoms with Gasteiger partial charge in [0.1, 0.15) is 0 Å². The number of aryl methyl sites for hydroxylation is 1. The van der Waals surface area contributed by atoms with Gasteiger partial charge in [-0.3, -0.25) is 9.79 Å². The van der Waals surface area contributed by atoms with Crippen LogP contribution in [0.4, 0.5) is 0 Å². The first-order valence-corrected chi connectivity index (χ1v) is 9.10. The lowest BCUT2D eigenvalue weighted by Gasteiger charge is -2.18. The number of likely N-dealkylation sites (tertiary alicyclic amines) is 1. The number of hydrogen-bond acceptors (Lipinski definition) is 5. The van der Waals surface area contributed by atoms with Gasteiger partial charge in [0.2, 0.25) is 11.8 Å². The molecule has 8 heteroatoms. The van der Waals surface area contributed by atoms with E-state index in [-0.39, 0.29) is 17.9 Å². The molecule has 2 rings (SSSR count). The summed E-state index contributed by atoms with van der Waals surface area (Å²) in [6.45, 7) is 8.32. The number of guanidine groups is 1. The second-order valence-electron chi connectivity index (χ2n) is 6.63. The topological polar surface area (TPSA) is 95.7 Å². The Balaban J connectivity index is 1.67. The Bertz CT molecular complexity index is 583. The second-order valence-corrected chi connectivity index (χ2v) is 6.63. The highest BCUT2D eigenvalue weighted by Crippen LogP contribution is 2.11. The van der Waals surface area contributed by atoms with Gasteiger partial charge in [-0.25, -0.2) is 0 Å². The minimum absolute atomic E-state index is 0.215. The van der Waals surface area contributed by atoms with Crippen molar-refractivity contribution in [2.45, 2.75) is 58.4 Å². The fraction of sp³-hybridized carbons (Fsp3) is 0.765. The molecule has 1 atom stereocenters. The zero-order chi connectivity index (χ0) is 18.2. The molecule has 0 radical (unpaired) electrons. The van der Waals surface area contributed by atoms with Gasteiger partial charge in [-0.1, -0.05) is 25.9 Å². The Morgan fingerprint density at radius 3 is 2.92 bits per heavy atom. The smallest absolute Gasteiger partial charge is 0.226 e. The highest BCUT2D eigenvalue weighted by Gasteiger charge is 2.25. The monoisotopic (exact) mass is 350 g/mol. The van der Waals surface area contributed by atoms with E-state index < -0.39 is 0 Å². The number of carbonyl (C=O) groups excluding carboxylic acids is 1. The molecule has 140 valence electrons. The van der Waals surface area contributed by atoms with Crippen molar-refractivity contribution in [2.75, 3.05) is 26.7 Å². The van der Waals surface area contributed by atoms with Crippen molar-refractivity contribution in [3.8, 4) is 0 Å². The molecule has 0 aromatic carbocycles. The highest BCUT2D eigenvalue weighted by molar-refractivity contribution is 5.80. The molecule has 1 amide bonds. The molecule has 25 heavy (non-hydrogen) atoms. The molecule has 2 N–H and O–H groups in total. The van der Waals surface area contributed by atoms with E-state index in [2.05, 4.69) is 25.8 Å². The first kappa shape index (κ1) is 19.2. The third-order valence-electron chi connectivity index (χ3n) is 4.27. The summed E-state index contributed by atoms with van der Waals surface area (Å²) in [7, 11) is 1.76. The number of amides is 1. The summed E-state index contributed by atoms with van der Waals surface area (Å²) < 4.78 is 5.24. The van der Waals surface area contributed by atoms with Crippen LogP contribution in [-0.4, -0.2) is 59.6 Å². The Morgan fingerprint density at radius 2 is 2.28 bits per heavy atom. The third-order valence-corrected chi connectivity index (χ3v) is 4.27. The van der Waals surface area contributed by atoms with Gasteiger partial charge in [-0.05, 0) is 12.8 Å². The van der Waals surface area contributed by atoms with Gasteiger partial charge in [0, 0.05) is 51.5 Å². The minimum atomic E-state index is 0.215. The van der Waals surface area contributed by atoms with Gasteiger partial charge in [-0.15, -0.1) is 0 Å². The Hall–Kier alpha value is -2.12. The number of carbonyl (C=O) groups is 1. The standard InChI is InChI=1S/C17H30N6O2/c1-5-15(24)23-10-8-13(11-23)20-17(18-4)19-9-6-7-14-21-16(12(2)3)22-25-14/h12-13H,5-11H2,1-4H3,(H2,18,19,20). The van der Waals surface area contributed by atoms with E-state index >= 15 is 0 Å². The number of aliphatic imine (C=N–C) groups is 1. The molecule has 0 bridgehead atoms. The van der Waals surface area contributed by atoms with Crippen LogP contribution in [0.1, 0.15) is 57.7 Å². The molecule has 0 saturated carbocycles. The van der Waals surface area contributed by atoms with E-state index in [1.54, 1.807) is 7.05 Å². The Labute approximate surface area is 149 Å². The molecule has 1 aliphatic rings. The molecule has 8 nitrogen and oxygen atoms in total. The summed E-state index contributed by atoms with van der Waals surface area (Å²) in [5.41, 5.74) is 0. The number of rotatable bonds is 7. The van der Waals surface area contributed by atoms with Crippen molar-refractivity contribution in [3.05, 3.63) is 11.7 Å². The predicted octanol–water partition coefficient (Wildman–Crippen LogP) is 1.30. The largest absolute Gasteiger partial charge is 0.356 e. The van der Waals surface area contributed by atoms with Crippen molar-refractivity contribution >= 4 is 11.9 Å². The molecule has 1 unspecified atom stereocenters. The van der Waals surface area contributed by atoms with E-state index in [0.29, 0.717) is 12.3 Å². The maximum absolute atomic E-state index is 11.7. The van der Waals surface area contributed by atoms with Crippen molar-refractivity contribution in [2.24, 2.45) is 4.99 Å². The average Bonchev–Trinajstić information content (AvgIpc) is 3.26. The fourth-order valence-electron chi connectivity index (χ4n) is 2.77. The van der Waals surface area contributed by atoms with Crippen molar-refractivity contribution < 1.29 is 9.32 Å². The van der Waals surface area contributed by atoms with Gasteiger partial charge in [0.05, 0.1) is 0 Å². The molecule has 0 aliphatic carbocycles. The molecule has 0 spiro atoms. The summed E-state index contributed by atoms with van der Waals surface area (Å²) in [6, 6.07) is 0.256. The maximum Gasteiger partial charge on any atom is 0.226 e. The zero-order valence-corrected chi connectivity index (χ0v) is 15.7. The van der Waals surface area contributed by atoms with Crippen LogP contribution in [0.25, 0.3) is 0 Å². The molecule has 2 heterocycles. The second kappa shape index (κ2) is 9.39. The van der Waals surface area contributed by atoms with E-state index in [4.69, 9.17) is 4.52 Å². The molecule has 1 aromatic heterocycles. The normalized spacial score (nSPS) is 18.0. The summed E-state index contributed by atoms with van der Waals surface area (Å²) in [4.78, 5) is 22.3. The van der Waals surface area contributed by atoms with Crippen LogP contribution in [0.15, 0.2) is 9.52 Å². The minimum Gasteiger partial charge on any atom is -0.356 e. The molecule has 1 aromatic rings. The van der Waals surface area contributed by atoms with Gasteiger partial charge < -0.3 is 20.1 Å².